The summed E-state index contributed by atoms with van der Waals surface area (Å²) in [6, 6.07) is 21.6. The van der Waals surface area contributed by atoms with Gasteiger partial charge < -0.3 is 38.9 Å². The zero-order valence-electron chi connectivity index (χ0n) is 39.5. The fraction of sp³-hybridized carbons (Fsp3) is 0.490. The first-order valence-electron chi connectivity index (χ1n) is 24.3. The number of methoxy groups -OCH3 is 1. The van der Waals surface area contributed by atoms with Gasteiger partial charge in [-0.1, -0.05) is 31.2 Å². The number of esters is 1. The zero-order valence-corrected chi connectivity index (χ0v) is 40.3. The van der Waals surface area contributed by atoms with Crippen LogP contribution < -0.4 is 29.6 Å². The highest BCUT2D eigenvalue weighted by Crippen LogP contribution is 2.54. The van der Waals surface area contributed by atoms with Gasteiger partial charge in [0.25, 0.3) is 11.6 Å². The smallest absolute Gasteiger partial charge is 0.341 e. The van der Waals surface area contributed by atoms with Crippen LogP contribution in [-0.2, 0) is 25.9 Å². The molecule has 9 rings (SSSR count). The van der Waals surface area contributed by atoms with Crippen molar-refractivity contribution >= 4 is 44.1 Å². The molecule has 0 amide bonds. The number of piperidine rings is 1. The van der Waals surface area contributed by atoms with Crippen LogP contribution in [0.3, 0.4) is 0 Å². The van der Waals surface area contributed by atoms with E-state index in [0.717, 1.165) is 62.3 Å². The number of nitro benzene ring substituents is 1. The molecule has 3 saturated heterocycles. The van der Waals surface area contributed by atoms with Crippen molar-refractivity contribution in [3.8, 4) is 23.1 Å². The molecular formula is C51H63N7O10S. The number of likely N-dealkylation sites (tertiary alicyclic amines) is 1. The number of nitrogens with two attached hydrogens (primary N) is 1. The number of nitrogens with one attached hydrogen (secondary N) is 2. The summed E-state index contributed by atoms with van der Waals surface area (Å²) in [4.78, 5) is 37.2. The van der Waals surface area contributed by atoms with E-state index in [0.29, 0.717) is 67.2 Å². The number of aromatic amines is 1. The minimum absolute atomic E-state index is 0.0142. The fourth-order valence-electron chi connectivity index (χ4n) is 10.8. The number of ether oxygens (including phenoxy) is 5. The molecule has 18 heteroatoms. The van der Waals surface area contributed by atoms with E-state index in [1.165, 1.54) is 56.5 Å². The third-order valence-corrected chi connectivity index (χ3v) is 15.6. The molecule has 4 N–H and O–H groups in total. The Kier molecular flexibility index (Phi) is 14.6. The molecule has 3 aromatic carbocycles. The van der Waals surface area contributed by atoms with E-state index in [4.69, 9.17) is 33.8 Å². The summed E-state index contributed by atoms with van der Waals surface area (Å²) in [5.74, 6) is 0.546. The monoisotopic (exact) mass is 965 g/mol. The van der Waals surface area contributed by atoms with Gasteiger partial charge in [0.05, 0.1) is 30.1 Å². The number of hydrogen-bond acceptors (Lipinski definition) is 14. The second-order valence-corrected chi connectivity index (χ2v) is 20.5. The number of anilines is 2. The normalized spacial score (nSPS) is 18.8. The molecule has 368 valence electrons. The molecule has 0 bridgehead atoms. The number of hydrogen-bond donors (Lipinski definition) is 3. The Hall–Kier alpha value is -5.95. The van der Waals surface area contributed by atoms with Gasteiger partial charge >= 0.3 is 5.97 Å². The van der Waals surface area contributed by atoms with Crippen LogP contribution in [0, 0.1) is 21.4 Å². The first-order chi connectivity index (χ1) is 33.4. The van der Waals surface area contributed by atoms with Gasteiger partial charge in [0, 0.05) is 80.4 Å². The van der Waals surface area contributed by atoms with Gasteiger partial charge in [-0.05, 0) is 124 Å². The Bertz CT molecular complexity index is 2740. The number of unbranched alkanes of at least 4 members (excludes halogenated alkanes) is 1. The third kappa shape index (κ3) is 10.8. The number of benzene rings is 3. The van der Waals surface area contributed by atoms with Crippen molar-refractivity contribution in [2.24, 2.45) is 16.5 Å². The van der Waals surface area contributed by atoms with E-state index < -0.39 is 31.5 Å². The van der Waals surface area contributed by atoms with Crippen molar-refractivity contribution in [1.29, 1.82) is 0 Å². The lowest BCUT2D eigenvalue weighted by Crippen LogP contribution is -2.54. The van der Waals surface area contributed by atoms with Crippen LogP contribution in [0.1, 0.15) is 98.7 Å². The van der Waals surface area contributed by atoms with E-state index in [1.54, 1.807) is 12.3 Å². The second kappa shape index (κ2) is 21.0. The average Bonchev–Trinajstić information content (AvgIpc) is 4.03. The number of nitro groups is 1. The molecule has 0 unspecified atom stereocenters. The maximum Gasteiger partial charge on any atom is 0.341 e. The van der Waals surface area contributed by atoms with Crippen molar-refractivity contribution in [3.05, 3.63) is 99.7 Å². The highest BCUT2D eigenvalue weighted by molar-refractivity contribution is 7.89. The molecule has 4 fully saturated rings. The molecule has 1 aliphatic carbocycles. The average molecular weight is 966 g/mol. The summed E-state index contributed by atoms with van der Waals surface area (Å²) in [6.07, 6.45) is 12.5. The summed E-state index contributed by atoms with van der Waals surface area (Å²) in [7, 11) is -2.93. The molecule has 17 nitrogen and oxygen atoms in total. The molecule has 4 aliphatic rings. The van der Waals surface area contributed by atoms with Gasteiger partial charge in [0.15, 0.2) is 17.2 Å². The second-order valence-electron chi connectivity index (χ2n) is 18.9. The number of carbonyl (C=O) groups is 1. The van der Waals surface area contributed by atoms with Crippen LogP contribution in [0.4, 0.5) is 17.1 Å². The van der Waals surface area contributed by atoms with Gasteiger partial charge in [-0.3, -0.25) is 15.0 Å². The summed E-state index contributed by atoms with van der Waals surface area (Å²) in [5.41, 5.74) is 4.80. The molecule has 3 aliphatic heterocycles. The maximum atomic E-state index is 13.2. The number of aromatic nitrogens is 2. The Labute approximate surface area is 403 Å². The number of carbonyl (C=O) groups excluding carboxylic acids is 1. The van der Waals surface area contributed by atoms with Gasteiger partial charge in [-0.25, -0.2) is 18.4 Å². The molecule has 1 atom stereocenters. The first-order valence-corrected chi connectivity index (χ1v) is 25.9. The number of primary sulfonamides is 1. The van der Waals surface area contributed by atoms with Crippen molar-refractivity contribution < 1.29 is 41.8 Å². The third-order valence-electron chi connectivity index (χ3n) is 14.7. The highest BCUT2D eigenvalue weighted by atomic mass is 32.2. The Morgan fingerprint density at radius 1 is 0.971 bits per heavy atom. The topological polar surface area (TPSA) is 214 Å². The minimum Gasteiger partial charge on any atom is -0.491 e. The van der Waals surface area contributed by atoms with Crippen LogP contribution in [0.5, 0.6) is 23.1 Å². The molecule has 1 saturated carbocycles. The summed E-state index contributed by atoms with van der Waals surface area (Å²) >= 11 is 0. The van der Waals surface area contributed by atoms with Crippen molar-refractivity contribution in [1.82, 2.24) is 14.9 Å². The van der Waals surface area contributed by atoms with Crippen LogP contribution in [0.2, 0.25) is 0 Å². The van der Waals surface area contributed by atoms with Gasteiger partial charge in [0.1, 0.15) is 17.0 Å². The predicted octanol–water partition coefficient (Wildman–Crippen LogP) is 8.92. The largest absolute Gasteiger partial charge is 0.491 e. The zero-order chi connectivity index (χ0) is 48.1. The van der Waals surface area contributed by atoms with Crippen molar-refractivity contribution in [2.45, 2.75) is 94.5 Å². The summed E-state index contributed by atoms with van der Waals surface area (Å²) in [5, 5.41) is 21.5. The number of nitrogens with zero attached hydrogens (tertiary/aromatic N) is 4. The predicted molar refractivity (Wildman–Crippen MR) is 262 cm³/mol. The highest BCUT2D eigenvalue weighted by Gasteiger charge is 2.50. The molecule has 2 aromatic heterocycles. The Morgan fingerprint density at radius 2 is 1.74 bits per heavy atom. The van der Waals surface area contributed by atoms with Gasteiger partial charge in [0.2, 0.25) is 10.0 Å². The maximum absolute atomic E-state index is 13.2. The van der Waals surface area contributed by atoms with Crippen molar-refractivity contribution in [3.63, 3.8) is 0 Å². The van der Waals surface area contributed by atoms with E-state index in [9.17, 15) is 23.3 Å². The Balaban J connectivity index is 0.844. The summed E-state index contributed by atoms with van der Waals surface area (Å²) in [6.45, 7) is 7.15. The summed E-state index contributed by atoms with van der Waals surface area (Å²) < 4.78 is 54.1. The SMILES string of the molecule is CCc1ccccc1[C@@H]1CCCN1C1CC2(CCN(c3ccc(C(=O)OC)c(Oc4cc5cc[nH]c5nc4OCCCCOc4cc(S(N)(=O)=O)cc([N+](=O)[O-])c4NCC4CCOCC4)c3)CC2)C1. The standard InChI is InChI=1S/C51H63N7O10S/c1-3-35-9-4-5-10-40(35)42-11-8-20-57(42)38-31-51(32-38)17-21-56(22-18-51)37-12-13-41(50(59)64-2)44(28-37)68-46-27-36-14-19-53-48(36)55-49(46)67-24-7-6-23-66-45-30-39(69(52,62)63)29-43(58(60)61)47(45)54-33-34-15-25-65-26-16-34/h4-5,9-10,12-14,19,27-30,34,38,42,54H,3,6-8,11,15-18,20-26,31-33H2,1-2H3,(H,53,55)(H2,52,62,63)/t42-/m0/s1. The quantitative estimate of drug-likeness (QED) is 0.0305. The molecule has 5 aromatic rings. The number of fused-ring (bicyclic) bond motifs is 1. The lowest BCUT2D eigenvalue weighted by atomic mass is 9.59. The van der Waals surface area contributed by atoms with E-state index >= 15 is 0 Å². The molecule has 0 radical (unpaired) electrons. The van der Waals surface area contributed by atoms with E-state index in [-0.39, 0.29) is 42.0 Å². The van der Waals surface area contributed by atoms with Crippen molar-refractivity contribution in [2.75, 3.05) is 69.9 Å². The number of rotatable bonds is 19. The molecular weight excluding hydrogens is 903 g/mol. The van der Waals surface area contributed by atoms with Gasteiger partial charge in [-0.15, -0.1) is 0 Å². The molecule has 5 heterocycles. The lowest BCUT2D eigenvalue weighted by molar-refractivity contribution is -0.384. The van der Waals surface area contributed by atoms with Crippen LogP contribution >= 0.6 is 0 Å². The fourth-order valence-corrected chi connectivity index (χ4v) is 11.3. The lowest BCUT2D eigenvalue weighted by Gasteiger charge is -2.56. The van der Waals surface area contributed by atoms with E-state index in [2.05, 4.69) is 51.3 Å². The van der Waals surface area contributed by atoms with Crippen LogP contribution in [0.15, 0.2) is 77.8 Å². The number of aryl methyl sites for hydroxylation is 1. The van der Waals surface area contributed by atoms with Crippen LogP contribution in [0.25, 0.3) is 11.0 Å². The van der Waals surface area contributed by atoms with E-state index in [1.807, 2.05) is 24.3 Å². The van der Waals surface area contributed by atoms with Crippen LogP contribution in [-0.4, -0.2) is 99.9 Å². The minimum atomic E-state index is -4.28. The number of pyridine rings is 1. The number of H-pyrrole nitrogens is 1. The molecule has 69 heavy (non-hydrogen) atoms. The van der Waals surface area contributed by atoms with Gasteiger partial charge in [-0.2, -0.15) is 4.98 Å². The number of sulfonamides is 1. The Morgan fingerprint density at radius 3 is 2.48 bits per heavy atom. The molecule has 1 spiro atoms. The first kappa shape index (κ1) is 48.1.